The summed E-state index contributed by atoms with van der Waals surface area (Å²) >= 11 is 0. The van der Waals surface area contributed by atoms with E-state index in [1.807, 2.05) is 0 Å². The molecule has 284 valence electrons. The van der Waals surface area contributed by atoms with Gasteiger partial charge in [-0.3, -0.25) is 0 Å². The Bertz CT molecular complexity index is 3410. The number of para-hydroxylation sites is 4. The Morgan fingerprint density at radius 1 is 0.322 bits per heavy atom. The third-order valence-corrected chi connectivity index (χ3v) is 12.1. The molecule has 0 saturated carbocycles. The molecule has 4 nitrogen and oxygen atoms in total. The van der Waals surface area contributed by atoms with E-state index in [0.717, 1.165) is 93.7 Å². The minimum absolute atomic E-state index is 0.863. The maximum Gasteiger partial charge on any atom is 0.139 e. The second kappa shape index (κ2) is 13.4. The Kier molecular flexibility index (Phi) is 7.92. The van der Waals surface area contributed by atoms with Crippen LogP contribution in [0.5, 0.6) is 0 Å². The molecular weight excluding hydrogens is 721 g/mol. The van der Waals surface area contributed by atoms with Gasteiger partial charge >= 0.3 is 0 Å². The molecule has 0 radical (unpaired) electrons. The van der Waals surface area contributed by atoms with Crippen LogP contribution in [-0.2, 0) is 0 Å². The Balaban J connectivity index is 1.08. The fourth-order valence-corrected chi connectivity index (χ4v) is 9.38. The molecule has 0 unspecified atom stereocenters. The zero-order valence-corrected chi connectivity index (χ0v) is 33.8. The van der Waals surface area contributed by atoms with Gasteiger partial charge in [0.15, 0.2) is 0 Å². The van der Waals surface area contributed by atoms with Gasteiger partial charge in [0.05, 0.1) is 11.4 Å². The van der Waals surface area contributed by atoms with Crippen molar-refractivity contribution < 1.29 is 8.83 Å². The van der Waals surface area contributed by atoms with Gasteiger partial charge in [-0.2, -0.15) is 0 Å². The third kappa shape index (κ3) is 5.59. The summed E-state index contributed by atoms with van der Waals surface area (Å²) < 4.78 is 13.5. The monoisotopic (exact) mass is 762 g/mol. The van der Waals surface area contributed by atoms with Gasteiger partial charge in [-0.05, 0) is 163 Å². The molecule has 0 amide bonds. The van der Waals surface area contributed by atoms with E-state index in [4.69, 9.17) is 8.83 Å². The summed E-state index contributed by atoms with van der Waals surface area (Å²) in [7, 11) is 0. The average molecular weight is 763 g/mol. The van der Waals surface area contributed by atoms with Crippen LogP contribution in [0.3, 0.4) is 0 Å². The summed E-state index contributed by atoms with van der Waals surface area (Å²) in [5.74, 6) is 0. The van der Waals surface area contributed by atoms with E-state index in [2.05, 4.69) is 208 Å². The highest BCUT2D eigenvalue weighted by Crippen LogP contribution is 2.46. The summed E-state index contributed by atoms with van der Waals surface area (Å²) in [5, 5.41) is 8.93. The molecule has 0 spiro atoms. The topological polar surface area (TPSA) is 32.8 Å². The Morgan fingerprint density at radius 2 is 0.780 bits per heavy atom. The number of aryl methyl sites for hydroxylation is 5. The van der Waals surface area contributed by atoms with E-state index in [-0.39, 0.29) is 0 Å². The van der Waals surface area contributed by atoms with E-state index in [1.165, 1.54) is 33.6 Å². The molecule has 2 heterocycles. The van der Waals surface area contributed by atoms with Crippen LogP contribution in [0.2, 0.25) is 0 Å². The number of hydrogen-bond donors (Lipinski definition) is 0. The fourth-order valence-electron chi connectivity index (χ4n) is 9.38. The lowest BCUT2D eigenvalue weighted by Crippen LogP contribution is -2.12. The largest absolute Gasteiger partial charge is 0.456 e. The molecule has 0 aliphatic heterocycles. The first kappa shape index (κ1) is 34.9. The maximum absolute atomic E-state index is 6.80. The standard InChI is InChI=1S/C55H42N2O2/c1-33-14-12-15-34(2)53(33)56(42-18-8-6-9-19-42)44-24-22-38-29-46-48(31-40(38)27-44)58-50-26-37(5)55-52(51(46)50)47-30-39-23-25-45(28-41(39)32-49(47)59-55)57(43-20-10-7-11-21-43)54-35(3)16-13-17-36(54)4/h6-32H,1-5H3. The van der Waals surface area contributed by atoms with Crippen molar-refractivity contribution >= 4 is 99.5 Å². The van der Waals surface area contributed by atoms with Crippen LogP contribution in [0, 0.1) is 34.6 Å². The summed E-state index contributed by atoms with van der Waals surface area (Å²) in [6, 6.07) is 58.9. The average Bonchev–Trinajstić information content (AvgIpc) is 3.79. The van der Waals surface area contributed by atoms with Gasteiger partial charge in [-0.15, -0.1) is 0 Å². The Morgan fingerprint density at radius 3 is 1.27 bits per heavy atom. The van der Waals surface area contributed by atoms with Crippen LogP contribution in [0.15, 0.2) is 173 Å². The van der Waals surface area contributed by atoms with Crippen molar-refractivity contribution in [1.82, 2.24) is 0 Å². The predicted molar refractivity (Wildman–Crippen MR) is 249 cm³/mol. The summed E-state index contributed by atoms with van der Waals surface area (Å²) in [6.07, 6.45) is 0. The first-order valence-electron chi connectivity index (χ1n) is 20.3. The predicted octanol–water partition coefficient (Wildman–Crippen LogP) is 16.3. The highest BCUT2D eigenvalue weighted by molar-refractivity contribution is 6.28. The number of furan rings is 2. The molecule has 11 aromatic rings. The van der Waals surface area contributed by atoms with Crippen molar-refractivity contribution in [1.29, 1.82) is 0 Å². The van der Waals surface area contributed by atoms with Crippen LogP contribution < -0.4 is 9.80 Å². The van der Waals surface area contributed by atoms with E-state index < -0.39 is 0 Å². The number of benzene rings is 9. The van der Waals surface area contributed by atoms with Crippen molar-refractivity contribution in [3.63, 3.8) is 0 Å². The molecule has 59 heavy (non-hydrogen) atoms. The maximum atomic E-state index is 6.80. The van der Waals surface area contributed by atoms with Gasteiger partial charge in [0.25, 0.3) is 0 Å². The lowest BCUT2D eigenvalue weighted by Gasteiger charge is -2.29. The van der Waals surface area contributed by atoms with Crippen molar-refractivity contribution in [2.45, 2.75) is 34.6 Å². The quantitative estimate of drug-likeness (QED) is 0.169. The van der Waals surface area contributed by atoms with Crippen molar-refractivity contribution in [2.24, 2.45) is 0 Å². The van der Waals surface area contributed by atoms with Gasteiger partial charge in [0, 0.05) is 44.3 Å². The van der Waals surface area contributed by atoms with Crippen LogP contribution in [0.1, 0.15) is 27.8 Å². The molecule has 0 N–H and O–H groups in total. The van der Waals surface area contributed by atoms with Crippen molar-refractivity contribution in [3.8, 4) is 0 Å². The summed E-state index contributed by atoms with van der Waals surface area (Å²) in [6.45, 7) is 10.9. The van der Waals surface area contributed by atoms with E-state index in [1.54, 1.807) is 0 Å². The molecule has 11 rings (SSSR count). The van der Waals surface area contributed by atoms with Crippen molar-refractivity contribution in [3.05, 3.63) is 192 Å². The van der Waals surface area contributed by atoms with Crippen LogP contribution >= 0.6 is 0 Å². The van der Waals surface area contributed by atoms with Gasteiger partial charge in [-0.1, -0.05) is 84.9 Å². The van der Waals surface area contributed by atoms with E-state index >= 15 is 0 Å². The minimum atomic E-state index is 0.863. The van der Waals surface area contributed by atoms with E-state index in [0.29, 0.717) is 0 Å². The second-order valence-electron chi connectivity index (χ2n) is 16.1. The molecule has 0 atom stereocenters. The lowest BCUT2D eigenvalue weighted by atomic mass is 9.99. The number of anilines is 6. The smallest absolute Gasteiger partial charge is 0.139 e. The number of rotatable bonds is 6. The summed E-state index contributed by atoms with van der Waals surface area (Å²) in [5.41, 5.74) is 16.3. The lowest BCUT2D eigenvalue weighted by molar-refractivity contribution is 0.660. The molecule has 0 aliphatic rings. The van der Waals surface area contributed by atoms with Gasteiger partial charge in [0.1, 0.15) is 22.3 Å². The second-order valence-corrected chi connectivity index (χ2v) is 16.1. The highest BCUT2D eigenvalue weighted by Gasteiger charge is 2.22. The molecule has 0 saturated heterocycles. The SMILES string of the molecule is Cc1cccc(C)c1N(c1ccccc1)c1ccc2cc3c(cc2c1)oc1cc(C)c2oc4cc5cc(N(c6ccccc6)c6c(C)cccc6C)ccc5cc4c2c13. The normalized spacial score (nSPS) is 11.8. The zero-order chi connectivity index (χ0) is 39.9. The van der Waals surface area contributed by atoms with Crippen LogP contribution in [0.25, 0.3) is 65.4 Å². The first-order chi connectivity index (χ1) is 28.8. The Hall–Kier alpha value is -7.30. The first-order valence-corrected chi connectivity index (χ1v) is 20.3. The molecular formula is C55H42N2O2. The Labute approximate surface area is 343 Å². The van der Waals surface area contributed by atoms with Crippen molar-refractivity contribution in [2.75, 3.05) is 9.80 Å². The van der Waals surface area contributed by atoms with E-state index in [9.17, 15) is 0 Å². The van der Waals surface area contributed by atoms with Gasteiger partial charge < -0.3 is 18.6 Å². The van der Waals surface area contributed by atoms with Crippen LogP contribution in [0.4, 0.5) is 34.1 Å². The number of nitrogens with zero attached hydrogens (tertiary/aromatic N) is 2. The third-order valence-electron chi connectivity index (χ3n) is 12.1. The highest BCUT2D eigenvalue weighted by atomic mass is 16.3. The molecule has 0 bridgehead atoms. The molecule has 2 aromatic heterocycles. The number of fused-ring (bicyclic) bond motifs is 9. The molecule has 9 aromatic carbocycles. The van der Waals surface area contributed by atoms with Gasteiger partial charge in [0.2, 0.25) is 0 Å². The van der Waals surface area contributed by atoms with Gasteiger partial charge in [-0.25, -0.2) is 0 Å². The number of hydrogen-bond acceptors (Lipinski definition) is 4. The molecule has 0 fully saturated rings. The van der Waals surface area contributed by atoms with Crippen LogP contribution in [-0.4, -0.2) is 0 Å². The fraction of sp³-hybridized carbons (Fsp3) is 0.0909. The summed E-state index contributed by atoms with van der Waals surface area (Å²) in [4.78, 5) is 4.74. The molecule has 4 heteroatoms. The zero-order valence-electron chi connectivity index (χ0n) is 33.8. The molecule has 0 aliphatic carbocycles. The minimum Gasteiger partial charge on any atom is -0.456 e.